The number of benzene rings is 1. The van der Waals surface area contributed by atoms with E-state index >= 15 is 0 Å². The van der Waals surface area contributed by atoms with E-state index in [0.717, 1.165) is 29.1 Å². The predicted molar refractivity (Wildman–Crippen MR) is 120 cm³/mol. The van der Waals surface area contributed by atoms with Crippen LogP contribution in [0.1, 0.15) is 39.5 Å². The molecule has 0 aliphatic heterocycles. The van der Waals surface area contributed by atoms with Gasteiger partial charge >= 0.3 is 0 Å². The van der Waals surface area contributed by atoms with Gasteiger partial charge < -0.3 is 15.4 Å². The van der Waals surface area contributed by atoms with Gasteiger partial charge in [0.1, 0.15) is 17.4 Å². The summed E-state index contributed by atoms with van der Waals surface area (Å²) in [4.78, 5) is 29.0. The van der Waals surface area contributed by atoms with Crippen molar-refractivity contribution < 1.29 is 14.3 Å². The Balaban J connectivity index is 1.34. The van der Waals surface area contributed by atoms with E-state index in [2.05, 4.69) is 15.6 Å². The molecule has 1 aromatic carbocycles. The van der Waals surface area contributed by atoms with Crippen molar-refractivity contribution in [2.45, 2.75) is 32.4 Å². The number of thiazole rings is 1. The van der Waals surface area contributed by atoms with Crippen molar-refractivity contribution in [1.29, 1.82) is 0 Å². The van der Waals surface area contributed by atoms with Crippen LogP contribution in [0.4, 0.5) is 5.00 Å². The van der Waals surface area contributed by atoms with Crippen molar-refractivity contribution in [2.75, 3.05) is 5.32 Å². The summed E-state index contributed by atoms with van der Waals surface area (Å²) < 4.78 is 5.78. The fourth-order valence-electron chi connectivity index (χ4n) is 2.74. The lowest BCUT2D eigenvalue weighted by atomic mass is 10.2. The molecule has 154 valence electrons. The van der Waals surface area contributed by atoms with Crippen LogP contribution in [-0.2, 0) is 11.4 Å². The molecule has 3 aromatic rings. The molecular weight excluding hydrogens is 418 g/mol. The van der Waals surface area contributed by atoms with Crippen molar-refractivity contribution in [1.82, 2.24) is 10.3 Å². The summed E-state index contributed by atoms with van der Waals surface area (Å²) in [7, 11) is 0. The molecule has 2 N–H and O–H groups in total. The molecule has 0 spiro atoms. The molecule has 0 bridgehead atoms. The summed E-state index contributed by atoms with van der Waals surface area (Å²) in [5, 5.41) is 11.1. The standard InChI is InChI=1S/C22H21N3O3S2/c1-14-23-17(13-30-14)12-28-18-4-2-3-15(11-18)5-8-20(26)25-22-19(9-10-29-22)21(27)24-16-6-7-16/h2-5,8-11,13,16H,6-7,12H2,1H3,(H,24,27)(H,25,26)/b8-5+. The second kappa shape index (κ2) is 9.23. The molecule has 1 fully saturated rings. The predicted octanol–water partition coefficient (Wildman–Crippen LogP) is 4.64. The van der Waals surface area contributed by atoms with E-state index in [1.54, 1.807) is 28.9 Å². The topological polar surface area (TPSA) is 80.3 Å². The lowest BCUT2D eigenvalue weighted by molar-refractivity contribution is -0.111. The molecule has 1 aliphatic carbocycles. The second-order valence-corrected chi connectivity index (χ2v) is 8.93. The zero-order valence-corrected chi connectivity index (χ0v) is 18.0. The monoisotopic (exact) mass is 439 g/mol. The van der Waals surface area contributed by atoms with E-state index in [4.69, 9.17) is 4.74 Å². The number of anilines is 1. The average molecular weight is 440 g/mol. The smallest absolute Gasteiger partial charge is 0.254 e. The second-order valence-electron chi connectivity index (χ2n) is 6.95. The Morgan fingerprint density at radius 1 is 1.27 bits per heavy atom. The molecule has 1 aliphatic rings. The molecule has 2 aromatic heterocycles. The number of hydrogen-bond acceptors (Lipinski definition) is 6. The first-order chi connectivity index (χ1) is 14.6. The number of aromatic nitrogens is 1. The zero-order valence-electron chi connectivity index (χ0n) is 16.4. The summed E-state index contributed by atoms with van der Waals surface area (Å²) in [5.74, 6) is 0.279. The Morgan fingerprint density at radius 3 is 2.90 bits per heavy atom. The third-order valence-electron chi connectivity index (χ3n) is 4.40. The first-order valence-electron chi connectivity index (χ1n) is 9.58. The van der Waals surface area contributed by atoms with Gasteiger partial charge in [0, 0.05) is 17.5 Å². The summed E-state index contributed by atoms with van der Waals surface area (Å²) >= 11 is 2.93. The molecule has 30 heavy (non-hydrogen) atoms. The van der Waals surface area contributed by atoms with Crippen LogP contribution in [0.5, 0.6) is 5.75 Å². The van der Waals surface area contributed by atoms with Gasteiger partial charge in [-0.3, -0.25) is 9.59 Å². The molecule has 8 heteroatoms. The van der Waals surface area contributed by atoms with Gasteiger partial charge in [-0.05, 0) is 55.0 Å². The van der Waals surface area contributed by atoms with Crippen molar-refractivity contribution in [3.05, 3.63) is 69.0 Å². The Hall–Kier alpha value is -2.97. The highest BCUT2D eigenvalue weighted by Gasteiger charge is 2.25. The zero-order chi connectivity index (χ0) is 20.9. The lowest BCUT2D eigenvalue weighted by Gasteiger charge is -2.06. The van der Waals surface area contributed by atoms with Crippen LogP contribution in [0, 0.1) is 6.92 Å². The number of thiophene rings is 1. The van der Waals surface area contributed by atoms with E-state index in [1.165, 1.54) is 17.4 Å². The Bertz CT molecular complexity index is 1080. The van der Waals surface area contributed by atoms with Gasteiger partial charge in [-0.1, -0.05) is 12.1 Å². The molecule has 0 radical (unpaired) electrons. The fourth-order valence-corrected chi connectivity index (χ4v) is 4.13. The highest BCUT2D eigenvalue weighted by molar-refractivity contribution is 7.14. The molecular formula is C22H21N3O3S2. The van der Waals surface area contributed by atoms with Crippen molar-refractivity contribution in [2.24, 2.45) is 0 Å². The van der Waals surface area contributed by atoms with Crippen LogP contribution < -0.4 is 15.4 Å². The van der Waals surface area contributed by atoms with E-state index in [-0.39, 0.29) is 17.9 Å². The fraction of sp³-hybridized carbons (Fsp3) is 0.227. The lowest BCUT2D eigenvalue weighted by Crippen LogP contribution is -2.26. The molecule has 2 heterocycles. The van der Waals surface area contributed by atoms with Crippen molar-refractivity contribution >= 4 is 45.6 Å². The highest BCUT2D eigenvalue weighted by atomic mass is 32.1. The maximum atomic E-state index is 12.3. The van der Waals surface area contributed by atoms with Crippen LogP contribution in [0.3, 0.4) is 0 Å². The summed E-state index contributed by atoms with van der Waals surface area (Å²) in [6.07, 6.45) is 5.21. The number of carbonyl (C=O) groups is 2. The number of hydrogen-bond donors (Lipinski definition) is 2. The largest absolute Gasteiger partial charge is 0.487 e. The van der Waals surface area contributed by atoms with Gasteiger partial charge in [-0.25, -0.2) is 4.98 Å². The quantitative estimate of drug-likeness (QED) is 0.501. The molecule has 6 nitrogen and oxygen atoms in total. The Morgan fingerprint density at radius 2 is 2.13 bits per heavy atom. The molecule has 1 saturated carbocycles. The molecule has 4 rings (SSSR count). The van der Waals surface area contributed by atoms with Gasteiger partial charge in [0.05, 0.1) is 16.3 Å². The molecule has 0 saturated heterocycles. The third kappa shape index (κ3) is 5.55. The normalized spacial score (nSPS) is 13.4. The summed E-state index contributed by atoms with van der Waals surface area (Å²) in [6.45, 7) is 2.37. The number of amides is 2. The van der Waals surface area contributed by atoms with Crippen LogP contribution in [-0.4, -0.2) is 22.8 Å². The van der Waals surface area contributed by atoms with Gasteiger partial charge in [-0.2, -0.15) is 0 Å². The van der Waals surface area contributed by atoms with Crippen LogP contribution in [0.2, 0.25) is 0 Å². The van der Waals surface area contributed by atoms with E-state index in [0.29, 0.717) is 22.9 Å². The highest BCUT2D eigenvalue weighted by Crippen LogP contribution is 2.26. The summed E-state index contributed by atoms with van der Waals surface area (Å²) in [6, 6.07) is 9.50. The SMILES string of the molecule is Cc1nc(COc2cccc(/C=C/C(=O)Nc3sccc3C(=O)NC3CC3)c2)cs1. The van der Waals surface area contributed by atoms with E-state index < -0.39 is 0 Å². The number of carbonyl (C=O) groups excluding carboxylic acids is 2. The third-order valence-corrected chi connectivity index (χ3v) is 6.05. The van der Waals surface area contributed by atoms with Gasteiger partial charge in [0.15, 0.2) is 0 Å². The first kappa shape index (κ1) is 20.3. The number of nitrogens with zero attached hydrogens (tertiary/aromatic N) is 1. The van der Waals surface area contributed by atoms with Gasteiger partial charge in [-0.15, -0.1) is 22.7 Å². The summed E-state index contributed by atoms with van der Waals surface area (Å²) in [5.41, 5.74) is 2.24. The first-order valence-corrected chi connectivity index (χ1v) is 11.3. The van der Waals surface area contributed by atoms with Gasteiger partial charge in [0.25, 0.3) is 5.91 Å². The van der Waals surface area contributed by atoms with Crippen LogP contribution in [0.25, 0.3) is 6.08 Å². The van der Waals surface area contributed by atoms with Crippen LogP contribution >= 0.6 is 22.7 Å². The maximum Gasteiger partial charge on any atom is 0.254 e. The maximum absolute atomic E-state index is 12.3. The average Bonchev–Trinajstić information content (AvgIpc) is 3.25. The van der Waals surface area contributed by atoms with E-state index in [1.807, 2.05) is 36.6 Å². The number of rotatable bonds is 8. The minimum atomic E-state index is -0.290. The molecule has 0 unspecified atom stereocenters. The molecule has 2 amide bonds. The van der Waals surface area contributed by atoms with Crippen LogP contribution in [0.15, 0.2) is 47.2 Å². The number of aryl methyl sites for hydroxylation is 1. The van der Waals surface area contributed by atoms with E-state index in [9.17, 15) is 9.59 Å². The minimum absolute atomic E-state index is 0.141. The number of nitrogens with one attached hydrogen (secondary N) is 2. The van der Waals surface area contributed by atoms with Crippen molar-refractivity contribution in [3.63, 3.8) is 0 Å². The minimum Gasteiger partial charge on any atom is -0.487 e. The number of ether oxygens (including phenoxy) is 1. The Kier molecular flexibility index (Phi) is 6.25. The molecule has 0 atom stereocenters. The van der Waals surface area contributed by atoms with Crippen molar-refractivity contribution in [3.8, 4) is 5.75 Å². The Labute approximate surface area is 182 Å². The van der Waals surface area contributed by atoms with Gasteiger partial charge in [0.2, 0.25) is 5.91 Å².